The van der Waals surface area contributed by atoms with Crippen molar-refractivity contribution < 1.29 is 19.8 Å². The van der Waals surface area contributed by atoms with Crippen LogP contribution in [0.15, 0.2) is 12.2 Å². The first-order valence-electron chi connectivity index (χ1n) is 19.9. The molecule has 0 aromatic rings. The third-order valence-corrected chi connectivity index (χ3v) is 12.8. The molecule has 0 saturated heterocycles. The van der Waals surface area contributed by atoms with E-state index in [0.29, 0.717) is 12.2 Å². The van der Waals surface area contributed by atoms with Crippen molar-refractivity contribution in [2.75, 3.05) is 0 Å². The predicted molar refractivity (Wildman–Crippen MR) is 199 cm³/mol. The molecule has 45 heavy (non-hydrogen) atoms. The summed E-state index contributed by atoms with van der Waals surface area (Å²) in [5.41, 5.74) is 0. The van der Waals surface area contributed by atoms with E-state index in [1.165, 1.54) is 193 Å². The minimum absolute atomic E-state index is 0.00985. The van der Waals surface area contributed by atoms with E-state index in [1.54, 1.807) is 21.7 Å². The SMILES string of the molecule is CCCCCCCCCCCCCCCCC[CH2][Sn][CH2]CCCCCCCCCCCCCCCCC.O=C(O)/C=C\C(=O)O. The van der Waals surface area contributed by atoms with Gasteiger partial charge >= 0.3 is 183 Å². The summed E-state index contributed by atoms with van der Waals surface area (Å²) in [5, 5.41) is 15.6. The molecule has 2 N–H and O–H groups in total. The average Bonchev–Trinajstić information content (AvgIpc) is 3.02. The first-order valence-corrected chi connectivity index (χ1v) is 23.9. The molecule has 0 amide bonds. The first-order chi connectivity index (χ1) is 22.0. The molecule has 0 rings (SSSR count). The van der Waals surface area contributed by atoms with E-state index < -0.39 is 11.9 Å². The van der Waals surface area contributed by atoms with Crippen LogP contribution in [-0.4, -0.2) is 43.3 Å². The van der Waals surface area contributed by atoms with E-state index >= 15 is 0 Å². The molecule has 0 aromatic carbocycles. The third kappa shape index (κ3) is 50.5. The zero-order chi connectivity index (χ0) is 33.3. The Morgan fingerprint density at radius 2 is 0.533 bits per heavy atom. The van der Waals surface area contributed by atoms with Gasteiger partial charge in [0.1, 0.15) is 0 Å². The summed E-state index contributed by atoms with van der Waals surface area (Å²) in [6.07, 6.45) is 49.0. The van der Waals surface area contributed by atoms with Crippen molar-refractivity contribution in [3.05, 3.63) is 12.2 Å². The van der Waals surface area contributed by atoms with Crippen molar-refractivity contribution in [3.8, 4) is 0 Å². The number of aliphatic carboxylic acids is 2. The van der Waals surface area contributed by atoms with E-state index in [2.05, 4.69) is 13.8 Å². The number of carbonyl (C=O) groups is 2. The van der Waals surface area contributed by atoms with Crippen LogP contribution in [0.3, 0.4) is 0 Å². The molecular weight excluding hydrogens is 663 g/mol. The summed E-state index contributed by atoms with van der Waals surface area (Å²) in [5.74, 6) is -2.51. The smallest absolute Gasteiger partial charge is 0.478 e. The number of unbranched alkanes of at least 4 members (excludes halogenated alkanes) is 30. The fraction of sp³-hybridized carbons (Fsp3) is 0.900. The van der Waals surface area contributed by atoms with E-state index in [0.717, 1.165) is 0 Å². The standard InChI is InChI=1S/2C18H37.C4H4O4.Sn/c2*1-3-5-7-9-11-13-15-17-18-16-14-12-10-8-6-4-2;5-3(6)1-2-4(7)8;/h2*1,3-18H2,2H3;1-2H,(H,5,6)(H,7,8);/b;;2-1-;. The first kappa shape index (κ1) is 46.6. The molecule has 5 heteroatoms. The third-order valence-electron chi connectivity index (χ3n) is 8.78. The van der Waals surface area contributed by atoms with Crippen LogP contribution in [0, 0.1) is 0 Å². The molecule has 0 bridgehead atoms. The van der Waals surface area contributed by atoms with Crippen LogP contribution in [0.2, 0.25) is 8.87 Å². The van der Waals surface area contributed by atoms with Crippen LogP contribution in [-0.2, 0) is 9.59 Å². The second kappa shape index (κ2) is 43.5. The molecule has 0 aliphatic heterocycles. The van der Waals surface area contributed by atoms with Crippen LogP contribution in [0.4, 0.5) is 0 Å². The zero-order valence-electron chi connectivity index (χ0n) is 30.4. The van der Waals surface area contributed by atoms with Gasteiger partial charge in [-0.3, -0.25) is 0 Å². The average molecular weight is 742 g/mol. The number of rotatable bonds is 36. The van der Waals surface area contributed by atoms with E-state index in [4.69, 9.17) is 10.2 Å². The zero-order valence-corrected chi connectivity index (χ0v) is 33.3. The summed E-state index contributed by atoms with van der Waals surface area (Å²) >= 11 is 0.00985. The van der Waals surface area contributed by atoms with Gasteiger partial charge in [-0.2, -0.15) is 0 Å². The van der Waals surface area contributed by atoms with Gasteiger partial charge in [-0.25, -0.2) is 9.59 Å². The van der Waals surface area contributed by atoms with Crippen molar-refractivity contribution in [2.45, 2.75) is 228 Å². The number of carboxylic acid groups (broad SMARTS) is 2. The van der Waals surface area contributed by atoms with E-state index in [9.17, 15) is 9.59 Å². The van der Waals surface area contributed by atoms with Gasteiger partial charge in [0.25, 0.3) is 0 Å². The molecular formula is C40H78O4Sn. The van der Waals surface area contributed by atoms with Crippen LogP contribution in [0.25, 0.3) is 0 Å². The normalized spacial score (nSPS) is 11.2. The quantitative estimate of drug-likeness (QED) is 0.0381. The van der Waals surface area contributed by atoms with Gasteiger partial charge in [0.2, 0.25) is 0 Å². The van der Waals surface area contributed by atoms with Gasteiger partial charge in [-0.1, -0.05) is 78.1 Å². The van der Waals surface area contributed by atoms with Crippen molar-refractivity contribution >= 4 is 33.1 Å². The number of carboxylic acids is 2. The Bertz CT molecular complexity index is 557. The fourth-order valence-corrected chi connectivity index (χ4v) is 9.43. The number of hydrogen-bond acceptors (Lipinski definition) is 2. The fourth-order valence-electron chi connectivity index (χ4n) is 5.86. The Balaban J connectivity index is 0. The molecule has 0 aliphatic rings. The summed E-state index contributed by atoms with van der Waals surface area (Å²) in [7, 11) is 0. The molecule has 266 valence electrons. The molecule has 0 unspecified atom stereocenters. The minimum Gasteiger partial charge on any atom is -0.478 e. The van der Waals surface area contributed by atoms with Crippen LogP contribution in [0.1, 0.15) is 219 Å². The molecule has 0 aromatic heterocycles. The van der Waals surface area contributed by atoms with Gasteiger partial charge in [0.15, 0.2) is 0 Å². The second-order valence-electron chi connectivity index (χ2n) is 13.4. The van der Waals surface area contributed by atoms with Gasteiger partial charge < -0.3 is 10.2 Å². The van der Waals surface area contributed by atoms with Gasteiger partial charge in [-0.15, -0.1) is 0 Å². The van der Waals surface area contributed by atoms with E-state index in [-0.39, 0.29) is 21.1 Å². The Morgan fingerprint density at radius 3 is 0.711 bits per heavy atom. The Morgan fingerprint density at radius 1 is 0.356 bits per heavy atom. The molecule has 4 nitrogen and oxygen atoms in total. The summed E-state index contributed by atoms with van der Waals surface area (Å²) < 4.78 is 3.33. The molecule has 0 saturated carbocycles. The predicted octanol–water partition coefficient (Wildman–Crippen LogP) is 13.8. The van der Waals surface area contributed by atoms with Crippen molar-refractivity contribution in [3.63, 3.8) is 0 Å². The van der Waals surface area contributed by atoms with Gasteiger partial charge in [0, 0.05) is 12.2 Å². The van der Waals surface area contributed by atoms with Gasteiger partial charge in [-0.05, 0) is 0 Å². The maximum absolute atomic E-state index is 9.55. The monoisotopic (exact) mass is 742 g/mol. The van der Waals surface area contributed by atoms with Crippen LogP contribution >= 0.6 is 0 Å². The second-order valence-corrected chi connectivity index (χ2v) is 17.6. The molecule has 0 heterocycles. The Hall–Kier alpha value is -0.521. The van der Waals surface area contributed by atoms with Crippen molar-refractivity contribution in [1.82, 2.24) is 0 Å². The molecule has 0 fully saturated rings. The maximum atomic E-state index is 9.55. The van der Waals surface area contributed by atoms with Gasteiger partial charge in [0.05, 0.1) is 0 Å². The summed E-state index contributed by atoms with van der Waals surface area (Å²) in [4.78, 5) is 19.1. The van der Waals surface area contributed by atoms with Crippen molar-refractivity contribution in [2.24, 2.45) is 0 Å². The molecule has 0 atom stereocenters. The van der Waals surface area contributed by atoms with E-state index in [1.807, 2.05) is 0 Å². The topological polar surface area (TPSA) is 74.6 Å². The Kier molecular flexibility index (Phi) is 45.0. The number of hydrogen-bond donors (Lipinski definition) is 2. The molecule has 2 radical (unpaired) electrons. The van der Waals surface area contributed by atoms with Crippen LogP contribution in [0.5, 0.6) is 0 Å². The Labute approximate surface area is 292 Å². The van der Waals surface area contributed by atoms with Crippen molar-refractivity contribution in [1.29, 1.82) is 0 Å². The minimum atomic E-state index is -1.26. The molecule has 0 spiro atoms. The molecule has 0 aliphatic carbocycles. The summed E-state index contributed by atoms with van der Waals surface area (Å²) in [6, 6.07) is 0. The van der Waals surface area contributed by atoms with Crippen LogP contribution < -0.4 is 0 Å². The summed E-state index contributed by atoms with van der Waals surface area (Å²) in [6.45, 7) is 4.62.